The van der Waals surface area contributed by atoms with Gasteiger partial charge in [-0.15, -0.1) is 0 Å². The van der Waals surface area contributed by atoms with Gasteiger partial charge in [-0.2, -0.15) is 0 Å². The summed E-state index contributed by atoms with van der Waals surface area (Å²) in [4.78, 5) is 0. The molecule has 0 aromatic carbocycles. The van der Waals surface area contributed by atoms with E-state index >= 15 is 0 Å². The molecule has 1 atom stereocenters. The minimum Gasteiger partial charge on any atom is -0.309 e. The van der Waals surface area contributed by atoms with Crippen molar-refractivity contribution in [3.63, 3.8) is 0 Å². The van der Waals surface area contributed by atoms with Crippen LogP contribution in [0, 0.1) is 0 Å². The van der Waals surface area contributed by atoms with Crippen LogP contribution in [0.5, 0.6) is 0 Å². The second-order valence-corrected chi connectivity index (χ2v) is 7.43. The van der Waals surface area contributed by atoms with Crippen LogP contribution >= 0.6 is 0 Å². The fourth-order valence-corrected chi connectivity index (χ4v) is 4.30. The third-order valence-corrected chi connectivity index (χ3v) is 5.47. The topological polar surface area (TPSA) is 58.2 Å². The maximum Gasteiger partial charge on any atom is 0.152 e. The summed E-state index contributed by atoms with van der Waals surface area (Å²) < 4.78 is 22.9. The van der Waals surface area contributed by atoms with Gasteiger partial charge in [0.2, 0.25) is 0 Å². The van der Waals surface area contributed by atoms with E-state index in [2.05, 4.69) is 17.6 Å². The molecular formula is C11H20N2O2S. The molecule has 0 aromatic rings. The number of hydrogen-bond acceptors (Lipinski definition) is 4. The third-order valence-electron chi connectivity index (χ3n) is 3.56. The predicted molar refractivity (Wildman–Crippen MR) is 65.2 cm³/mol. The smallest absolute Gasteiger partial charge is 0.152 e. The van der Waals surface area contributed by atoms with Gasteiger partial charge < -0.3 is 10.6 Å². The first-order valence-electron chi connectivity index (χ1n) is 5.74. The molecule has 0 aromatic heterocycles. The summed E-state index contributed by atoms with van der Waals surface area (Å²) in [5.41, 5.74) is 2.58. The Morgan fingerprint density at radius 3 is 2.62 bits per heavy atom. The number of rotatable bonds is 3. The van der Waals surface area contributed by atoms with E-state index in [0.717, 1.165) is 26.1 Å². The summed E-state index contributed by atoms with van der Waals surface area (Å²) in [6.45, 7) is 6.92. The molecule has 4 nitrogen and oxygen atoms in total. The number of hydrogen-bond donors (Lipinski definition) is 2. The Morgan fingerprint density at radius 1 is 1.50 bits per heavy atom. The van der Waals surface area contributed by atoms with Gasteiger partial charge in [-0.25, -0.2) is 8.42 Å². The van der Waals surface area contributed by atoms with Crippen LogP contribution in [0.4, 0.5) is 0 Å². The molecule has 0 radical (unpaired) electrons. The molecule has 0 bridgehead atoms. The molecule has 0 saturated carbocycles. The first-order valence-corrected chi connectivity index (χ1v) is 7.56. The lowest BCUT2D eigenvalue weighted by atomic mass is 10.00. The molecule has 2 rings (SSSR count). The van der Waals surface area contributed by atoms with E-state index in [9.17, 15) is 8.42 Å². The first-order chi connectivity index (χ1) is 7.40. The number of nitrogens with one attached hydrogen (secondary N) is 2. The summed E-state index contributed by atoms with van der Waals surface area (Å²) in [7, 11) is -2.80. The highest BCUT2D eigenvalue weighted by Crippen LogP contribution is 2.23. The van der Waals surface area contributed by atoms with Crippen molar-refractivity contribution in [2.45, 2.75) is 25.8 Å². The zero-order chi connectivity index (χ0) is 11.8. The van der Waals surface area contributed by atoms with E-state index in [1.54, 1.807) is 0 Å². The van der Waals surface area contributed by atoms with E-state index in [1.165, 1.54) is 11.1 Å². The zero-order valence-corrected chi connectivity index (χ0v) is 10.8. The number of sulfone groups is 1. The Kier molecular flexibility index (Phi) is 3.11. The third kappa shape index (κ3) is 2.64. The van der Waals surface area contributed by atoms with Crippen LogP contribution in [0.2, 0.25) is 0 Å². The van der Waals surface area contributed by atoms with Gasteiger partial charge in [-0.05, 0) is 25.8 Å². The average Bonchev–Trinajstić information content (AvgIpc) is 2.35. The van der Waals surface area contributed by atoms with Crippen LogP contribution in [0.1, 0.15) is 20.3 Å². The van der Waals surface area contributed by atoms with Gasteiger partial charge in [-0.3, -0.25) is 0 Å². The quantitative estimate of drug-likeness (QED) is 0.690. The molecule has 2 N–H and O–H groups in total. The van der Waals surface area contributed by atoms with Crippen molar-refractivity contribution in [1.29, 1.82) is 0 Å². The van der Waals surface area contributed by atoms with Crippen molar-refractivity contribution in [2.24, 2.45) is 0 Å². The van der Waals surface area contributed by atoms with Crippen molar-refractivity contribution in [1.82, 2.24) is 10.6 Å². The van der Waals surface area contributed by atoms with Gasteiger partial charge in [0.1, 0.15) is 0 Å². The van der Waals surface area contributed by atoms with Crippen molar-refractivity contribution in [3.05, 3.63) is 11.1 Å². The van der Waals surface area contributed by atoms with Gasteiger partial charge >= 0.3 is 0 Å². The highest BCUT2D eigenvalue weighted by Gasteiger charge is 2.37. The monoisotopic (exact) mass is 244 g/mol. The Balaban J connectivity index is 1.91. The van der Waals surface area contributed by atoms with Gasteiger partial charge in [0.25, 0.3) is 0 Å². The van der Waals surface area contributed by atoms with Crippen molar-refractivity contribution < 1.29 is 8.42 Å². The van der Waals surface area contributed by atoms with E-state index in [1.807, 2.05) is 6.92 Å². The zero-order valence-electron chi connectivity index (χ0n) is 9.97. The minimum atomic E-state index is -2.80. The second kappa shape index (κ2) is 4.13. The van der Waals surface area contributed by atoms with E-state index in [-0.39, 0.29) is 11.3 Å². The molecule has 2 fully saturated rings. The molecule has 92 valence electrons. The van der Waals surface area contributed by atoms with Gasteiger partial charge in [-0.1, -0.05) is 5.57 Å². The SMILES string of the molecule is CC(CNC1(C)CCS(=O)(=O)C1)=C1CNC1. The van der Waals surface area contributed by atoms with Crippen LogP contribution in [-0.4, -0.2) is 45.1 Å². The van der Waals surface area contributed by atoms with E-state index in [0.29, 0.717) is 5.75 Å². The molecule has 2 aliphatic heterocycles. The Morgan fingerprint density at radius 2 is 2.19 bits per heavy atom. The summed E-state index contributed by atoms with van der Waals surface area (Å²) in [6, 6.07) is 0. The van der Waals surface area contributed by atoms with E-state index < -0.39 is 9.84 Å². The summed E-state index contributed by atoms with van der Waals surface area (Å²) in [5.74, 6) is 0.606. The van der Waals surface area contributed by atoms with Crippen LogP contribution in [0.3, 0.4) is 0 Å². The van der Waals surface area contributed by atoms with Crippen molar-refractivity contribution >= 4 is 9.84 Å². The molecule has 0 aliphatic carbocycles. The molecule has 5 heteroatoms. The first kappa shape index (κ1) is 12.1. The van der Waals surface area contributed by atoms with Crippen LogP contribution in [0.15, 0.2) is 11.1 Å². The maximum absolute atomic E-state index is 11.4. The van der Waals surface area contributed by atoms with Gasteiger partial charge in [0, 0.05) is 25.2 Å². The van der Waals surface area contributed by atoms with Crippen molar-refractivity contribution in [2.75, 3.05) is 31.1 Å². The van der Waals surface area contributed by atoms with Crippen LogP contribution < -0.4 is 10.6 Å². The lowest BCUT2D eigenvalue weighted by Gasteiger charge is -2.27. The van der Waals surface area contributed by atoms with Crippen LogP contribution in [-0.2, 0) is 9.84 Å². The summed E-state index contributed by atoms with van der Waals surface area (Å²) in [5, 5.41) is 6.61. The molecule has 2 heterocycles. The standard InChI is InChI=1S/C11H20N2O2S/c1-9(10-6-12-7-10)5-13-11(2)3-4-16(14,15)8-11/h12-13H,3-8H2,1-2H3. The van der Waals surface area contributed by atoms with Gasteiger partial charge in [0.15, 0.2) is 9.84 Å². The Bertz CT molecular complexity index is 408. The molecule has 0 amide bonds. The molecule has 1 unspecified atom stereocenters. The normalized spacial score (nSPS) is 32.5. The lowest BCUT2D eigenvalue weighted by Crippen LogP contribution is -2.45. The second-order valence-electron chi connectivity index (χ2n) is 5.24. The predicted octanol–water partition coefficient (Wildman–Crippen LogP) is 0.0729. The molecule has 0 spiro atoms. The largest absolute Gasteiger partial charge is 0.309 e. The fourth-order valence-electron chi connectivity index (χ4n) is 2.17. The van der Waals surface area contributed by atoms with E-state index in [4.69, 9.17) is 0 Å². The molecule has 16 heavy (non-hydrogen) atoms. The minimum absolute atomic E-state index is 0.224. The highest BCUT2D eigenvalue weighted by molar-refractivity contribution is 7.91. The fraction of sp³-hybridized carbons (Fsp3) is 0.818. The Labute approximate surface area is 97.4 Å². The summed E-state index contributed by atoms with van der Waals surface area (Å²) in [6.07, 6.45) is 0.732. The maximum atomic E-state index is 11.4. The Hall–Kier alpha value is -0.390. The molecule has 2 saturated heterocycles. The lowest BCUT2D eigenvalue weighted by molar-refractivity contribution is 0.411. The van der Waals surface area contributed by atoms with Crippen LogP contribution in [0.25, 0.3) is 0 Å². The molecular weight excluding hydrogens is 224 g/mol. The van der Waals surface area contributed by atoms with Crippen molar-refractivity contribution in [3.8, 4) is 0 Å². The molecule has 2 aliphatic rings. The average molecular weight is 244 g/mol. The highest BCUT2D eigenvalue weighted by atomic mass is 32.2. The summed E-state index contributed by atoms with van der Waals surface area (Å²) >= 11 is 0. The van der Waals surface area contributed by atoms with Gasteiger partial charge in [0.05, 0.1) is 11.5 Å².